The third-order valence-corrected chi connectivity index (χ3v) is 2.02. The van der Waals surface area contributed by atoms with E-state index in [0.29, 0.717) is 0 Å². The standard InChI is InChI=1S/C7H12N2O3/c1-8-5(10)4-6(12-3)9(2)7(8)11/h6H,4H2,1-3H3. The number of hydrogen-bond acceptors (Lipinski definition) is 3. The fourth-order valence-corrected chi connectivity index (χ4v) is 1.13. The Morgan fingerprint density at radius 2 is 2.00 bits per heavy atom. The van der Waals surface area contributed by atoms with E-state index >= 15 is 0 Å². The number of imide groups is 1. The molecule has 1 unspecified atom stereocenters. The lowest BCUT2D eigenvalue weighted by atomic mass is 10.2. The van der Waals surface area contributed by atoms with Crippen LogP contribution in [-0.4, -0.2) is 49.2 Å². The molecule has 0 aromatic carbocycles. The van der Waals surface area contributed by atoms with Gasteiger partial charge in [0.1, 0.15) is 6.23 Å². The summed E-state index contributed by atoms with van der Waals surface area (Å²) in [7, 11) is 4.56. The Morgan fingerprint density at radius 3 is 2.50 bits per heavy atom. The molecule has 0 bridgehead atoms. The van der Waals surface area contributed by atoms with Crippen molar-refractivity contribution in [1.29, 1.82) is 0 Å². The number of nitrogens with zero attached hydrogens (tertiary/aromatic N) is 2. The van der Waals surface area contributed by atoms with Gasteiger partial charge < -0.3 is 9.64 Å². The first kappa shape index (κ1) is 8.99. The van der Waals surface area contributed by atoms with Crippen LogP contribution < -0.4 is 0 Å². The van der Waals surface area contributed by atoms with Crippen LogP contribution in [0.15, 0.2) is 0 Å². The summed E-state index contributed by atoms with van der Waals surface area (Å²) < 4.78 is 4.95. The normalized spacial score (nSPS) is 25.1. The van der Waals surface area contributed by atoms with Gasteiger partial charge in [-0.05, 0) is 0 Å². The topological polar surface area (TPSA) is 49.9 Å². The predicted molar refractivity (Wildman–Crippen MR) is 41.3 cm³/mol. The van der Waals surface area contributed by atoms with Crippen molar-refractivity contribution in [3.63, 3.8) is 0 Å². The van der Waals surface area contributed by atoms with Crippen molar-refractivity contribution in [1.82, 2.24) is 9.80 Å². The van der Waals surface area contributed by atoms with E-state index in [0.717, 1.165) is 4.90 Å². The Morgan fingerprint density at radius 1 is 1.42 bits per heavy atom. The largest absolute Gasteiger partial charge is 0.361 e. The maximum absolute atomic E-state index is 11.3. The number of rotatable bonds is 1. The van der Waals surface area contributed by atoms with Crippen LogP contribution in [0.5, 0.6) is 0 Å². The molecular weight excluding hydrogens is 160 g/mol. The first-order valence-corrected chi connectivity index (χ1v) is 3.64. The highest BCUT2D eigenvalue weighted by Crippen LogP contribution is 2.13. The summed E-state index contributed by atoms with van der Waals surface area (Å²) in [6.45, 7) is 0. The minimum absolute atomic E-state index is 0.204. The van der Waals surface area contributed by atoms with Crippen molar-refractivity contribution < 1.29 is 14.3 Å². The number of methoxy groups -OCH3 is 1. The molecule has 5 heteroatoms. The van der Waals surface area contributed by atoms with Gasteiger partial charge in [0, 0.05) is 21.2 Å². The van der Waals surface area contributed by atoms with E-state index in [1.807, 2.05) is 0 Å². The number of urea groups is 1. The van der Waals surface area contributed by atoms with E-state index in [-0.39, 0.29) is 18.4 Å². The Balaban J connectivity index is 2.77. The Kier molecular flexibility index (Phi) is 2.32. The average Bonchev–Trinajstić information content (AvgIpc) is 2.08. The number of carbonyl (C=O) groups excluding carboxylic acids is 2. The molecule has 68 valence electrons. The second-order valence-corrected chi connectivity index (χ2v) is 2.74. The Labute approximate surface area is 70.9 Å². The van der Waals surface area contributed by atoms with Crippen molar-refractivity contribution in [3.8, 4) is 0 Å². The maximum atomic E-state index is 11.3. The van der Waals surface area contributed by atoms with E-state index in [1.165, 1.54) is 19.1 Å². The van der Waals surface area contributed by atoms with Crippen LogP contribution in [0, 0.1) is 0 Å². The van der Waals surface area contributed by atoms with Gasteiger partial charge in [-0.2, -0.15) is 0 Å². The summed E-state index contributed by atoms with van der Waals surface area (Å²) in [5, 5.41) is 0. The highest BCUT2D eigenvalue weighted by atomic mass is 16.5. The lowest BCUT2D eigenvalue weighted by molar-refractivity contribution is -0.138. The van der Waals surface area contributed by atoms with Gasteiger partial charge in [0.2, 0.25) is 5.91 Å². The Bertz CT molecular complexity index is 217. The molecule has 0 aromatic rings. The smallest absolute Gasteiger partial charge is 0.328 e. The predicted octanol–water partition coefficient (Wildman–Crippen LogP) is -0.127. The SMILES string of the molecule is COC1CC(=O)N(C)C(=O)N1C. The molecular formula is C7H12N2O3. The van der Waals surface area contributed by atoms with Crippen molar-refractivity contribution in [2.24, 2.45) is 0 Å². The van der Waals surface area contributed by atoms with Gasteiger partial charge in [-0.15, -0.1) is 0 Å². The van der Waals surface area contributed by atoms with E-state index in [9.17, 15) is 9.59 Å². The van der Waals surface area contributed by atoms with Gasteiger partial charge >= 0.3 is 6.03 Å². The monoisotopic (exact) mass is 172 g/mol. The molecule has 1 rings (SSSR count). The first-order valence-electron chi connectivity index (χ1n) is 3.64. The van der Waals surface area contributed by atoms with Gasteiger partial charge in [-0.25, -0.2) is 4.79 Å². The van der Waals surface area contributed by atoms with Gasteiger partial charge in [0.05, 0.1) is 6.42 Å². The molecule has 0 radical (unpaired) electrons. The molecule has 0 spiro atoms. The van der Waals surface area contributed by atoms with Crippen molar-refractivity contribution in [3.05, 3.63) is 0 Å². The summed E-state index contributed by atoms with van der Waals surface area (Å²) in [4.78, 5) is 24.9. The number of ether oxygens (including phenoxy) is 1. The summed E-state index contributed by atoms with van der Waals surface area (Å²) in [5.74, 6) is -0.204. The highest BCUT2D eigenvalue weighted by Gasteiger charge is 2.33. The second kappa shape index (κ2) is 3.10. The minimum Gasteiger partial charge on any atom is -0.361 e. The van der Waals surface area contributed by atoms with Crippen molar-refractivity contribution in [2.75, 3.05) is 21.2 Å². The molecule has 1 aliphatic heterocycles. The van der Waals surface area contributed by atoms with E-state index in [4.69, 9.17) is 4.74 Å². The van der Waals surface area contributed by atoms with Crippen LogP contribution in [-0.2, 0) is 9.53 Å². The molecule has 0 saturated carbocycles. The molecule has 5 nitrogen and oxygen atoms in total. The third-order valence-electron chi connectivity index (χ3n) is 2.02. The van der Waals surface area contributed by atoms with Crippen LogP contribution >= 0.6 is 0 Å². The first-order chi connectivity index (χ1) is 5.57. The zero-order valence-electron chi connectivity index (χ0n) is 7.40. The van der Waals surface area contributed by atoms with Gasteiger partial charge in [-0.1, -0.05) is 0 Å². The van der Waals surface area contributed by atoms with Crippen LogP contribution in [0.2, 0.25) is 0 Å². The van der Waals surface area contributed by atoms with E-state index < -0.39 is 6.23 Å². The molecule has 0 aliphatic carbocycles. The highest BCUT2D eigenvalue weighted by molar-refractivity contribution is 5.96. The zero-order valence-corrected chi connectivity index (χ0v) is 7.40. The van der Waals surface area contributed by atoms with Crippen LogP contribution in [0.4, 0.5) is 4.79 Å². The van der Waals surface area contributed by atoms with Gasteiger partial charge in [0.25, 0.3) is 0 Å². The number of carbonyl (C=O) groups is 2. The van der Waals surface area contributed by atoms with E-state index in [1.54, 1.807) is 7.05 Å². The molecule has 1 aliphatic rings. The lowest BCUT2D eigenvalue weighted by Gasteiger charge is -2.34. The maximum Gasteiger partial charge on any atom is 0.328 e. The summed E-state index contributed by atoms with van der Waals surface area (Å²) in [6, 6.07) is -0.321. The zero-order chi connectivity index (χ0) is 9.30. The van der Waals surface area contributed by atoms with E-state index in [2.05, 4.69) is 0 Å². The molecule has 0 N–H and O–H groups in total. The Hall–Kier alpha value is -1.10. The quantitative estimate of drug-likeness (QED) is 0.553. The lowest BCUT2D eigenvalue weighted by Crippen LogP contribution is -2.54. The van der Waals surface area contributed by atoms with Crippen LogP contribution in [0.25, 0.3) is 0 Å². The number of hydrogen-bond donors (Lipinski definition) is 0. The summed E-state index contributed by atoms with van der Waals surface area (Å²) in [5.41, 5.74) is 0. The fraction of sp³-hybridized carbons (Fsp3) is 0.714. The molecule has 1 atom stereocenters. The third kappa shape index (κ3) is 1.27. The van der Waals surface area contributed by atoms with Crippen LogP contribution in [0.1, 0.15) is 6.42 Å². The molecule has 1 fully saturated rings. The second-order valence-electron chi connectivity index (χ2n) is 2.74. The average molecular weight is 172 g/mol. The van der Waals surface area contributed by atoms with Crippen LogP contribution in [0.3, 0.4) is 0 Å². The van der Waals surface area contributed by atoms with Crippen molar-refractivity contribution >= 4 is 11.9 Å². The van der Waals surface area contributed by atoms with Crippen molar-refractivity contribution in [2.45, 2.75) is 12.6 Å². The molecule has 12 heavy (non-hydrogen) atoms. The minimum atomic E-state index is -0.416. The molecule has 0 aromatic heterocycles. The number of amides is 3. The molecule has 1 saturated heterocycles. The van der Waals surface area contributed by atoms with Gasteiger partial charge in [-0.3, -0.25) is 9.69 Å². The summed E-state index contributed by atoms with van der Waals surface area (Å²) in [6.07, 6.45) is -0.184. The van der Waals surface area contributed by atoms with Gasteiger partial charge in [0.15, 0.2) is 0 Å². The fourth-order valence-electron chi connectivity index (χ4n) is 1.13. The molecule has 1 heterocycles. The summed E-state index contributed by atoms with van der Waals surface area (Å²) >= 11 is 0. The molecule has 3 amide bonds.